The molecule has 2 amide bonds. The molecule has 3 aromatic carbocycles. The molecule has 0 heterocycles. The first-order chi connectivity index (χ1) is 21.6. The largest absolute Gasteiger partial charge is 0.508 e. The van der Waals surface area contributed by atoms with Crippen molar-refractivity contribution in [3.8, 4) is 11.5 Å². The van der Waals surface area contributed by atoms with Crippen LogP contribution in [0.1, 0.15) is 56.4 Å². The van der Waals surface area contributed by atoms with Crippen molar-refractivity contribution in [3.05, 3.63) is 107 Å². The zero-order valence-corrected chi connectivity index (χ0v) is 27.0. The summed E-state index contributed by atoms with van der Waals surface area (Å²) in [5.41, 5.74) is 2.48. The Hall–Kier alpha value is -4.73. The fourth-order valence-electron chi connectivity index (χ4n) is 4.53. The summed E-state index contributed by atoms with van der Waals surface area (Å²) in [5, 5.41) is 9.88. The van der Waals surface area contributed by atoms with E-state index >= 15 is 0 Å². The summed E-state index contributed by atoms with van der Waals surface area (Å²) in [6.07, 6.45) is -1.44. The van der Waals surface area contributed by atoms with E-state index in [0.717, 1.165) is 34.4 Å². The van der Waals surface area contributed by atoms with E-state index in [-0.39, 0.29) is 31.4 Å². The molecular formula is C36H41F3N2O5. The molecule has 0 aliphatic rings. The van der Waals surface area contributed by atoms with Crippen molar-refractivity contribution in [3.63, 3.8) is 0 Å². The molecule has 10 heteroatoms. The molecule has 0 fully saturated rings. The molecule has 0 spiro atoms. The maximum atomic E-state index is 13.2. The predicted octanol–water partition coefficient (Wildman–Crippen LogP) is 8.04. The Morgan fingerprint density at radius 1 is 0.848 bits per heavy atom. The standard InChI is InChI=1S/C36H41F3N2O5/c1-7-31(25-10-16-28(17-11-25)36(37,38)39)33(26-12-18-29(42)19-13-26)27-14-20-30(21-15-27)45-24-23-41(34(44)46-35(2,3)4)22-8-9-32(43)40(5)6/h8-21,42H,7,22-24H2,1-6H3/b9-8+,33-31-. The number of alkyl halides is 3. The van der Waals surface area contributed by atoms with Gasteiger partial charge in [0.05, 0.1) is 12.1 Å². The van der Waals surface area contributed by atoms with Crippen LogP contribution < -0.4 is 4.74 Å². The molecule has 0 aliphatic heterocycles. The lowest BCUT2D eigenvalue weighted by molar-refractivity contribution is -0.137. The zero-order chi connectivity index (χ0) is 34.1. The Morgan fingerprint density at radius 2 is 1.39 bits per heavy atom. The molecule has 0 unspecified atom stereocenters. The highest BCUT2D eigenvalue weighted by molar-refractivity contribution is 5.98. The Morgan fingerprint density at radius 3 is 1.89 bits per heavy atom. The predicted molar refractivity (Wildman–Crippen MR) is 173 cm³/mol. The van der Waals surface area contributed by atoms with Crippen LogP contribution in [0.15, 0.2) is 84.9 Å². The zero-order valence-electron chi connectivity index (χ0n) is 27.0. The van der Waals surface area contributed by atoms with Crippen LogP contribution in [0.3, 0.4) is 0 Å². The number of nitrogens with zero attached hydrogens (tertiary/aromatic N) is 2. The van der Waals surface area contributed by atoms with Gasteiger partial charge < -0.3 is 24.4 Å². The number of phenolic OH excluding ortho intramolecular Hbond substituents is 1. The first kappa shape index (κ1) is 35.7. The van der Waals surface area contributed by atoms with Gasteiger partial charge in [-0.1, -0.05) is 49.4 Å². The van der Waals surface area contributed by atoms with Crippen LogP contribution in [0.2, 0.25) is 0 Å². The molecule has 0 saturated carbocycles. The minimum Gasteiger partial charge on any atom is -0.508 e. The fourth-order valence-corrected chi connectivity index (χ4v) is 4.53. The fraction of sp³-hybridized carbons (Fsp3) is 0.333. The second-order valence-electron chi connectivity index (χ2n) is 11.8. The number of carbonyl (C=O) groups is 2. The van der Waals surface area contributed by atoms with E-state index in [9.17, 15) is 27.9 Å². The minimum absolute atomic E-state index is 0.0969. The summed E-state index contributed by atoms with van der Waals surface area (Å²) in [4.78, 5) is 27.6. The lowest BCUT2D eigenvalue weighted by atomic mass is 9.88. The van der Waals surface area contributed by atoms with Gasteiger partial charge in [0.25, 0.3) is 0 Å². The van der Waals surface area contributed by atoms with Crippen LogP contribution in [0, 0.1) is 0 Å². The topological polar surface area (TPSA) is 79.3 Å². The first-order valence-electron chi connectivity index (χ1n) is 14.9. The molecule has 0 aromatic heterocycles. The average Bonchev–Trinajstić information content (AvgIpc) is 2.98. The smallest absolute Gasteiger partial charge is 0.416 e. The van der Waals surface area contributed by atoms with E-state index in [1.165, 1.54) is 28.0 Å². The maximum Gasteiger partial charge on any atom is 0.416 e. The lowest BCUT2D eigenvalue weighted by Crippen LogP contribution is -2.39. The van der Waals surface area contributed by atoms with Crippen LogP contribution in [-0.4, -0.2) is 66.3 Å². The molecule has 0 aliphatic carbocycles. The molecule has 1 N–H and O–H groups in total. The molecule has 0 radical (unpaired) electrons. The van der Waals surface area contributed by atoms with Crippen LogP contribution in [0.4, 0.5) is 18.0 Å². The van der Waals surface area contributed by atoms with E-state index in [1.54, 1.807) is 77.3 Å². The van der Waals surface area contributed by atoms with Crippen molar-refractivity contribution in [1.29, 1.82) is 0 Å². The van der Waals surface area contributed by atoms with Crippen LogP contribution in [-0.2, 0) is 15.7 Å². The summed E-state index contributed by atoms with van der Waals surface area (Å²) in [6, 6.07) is 19.0. The van der Waals surface area contributed by atoms with Crippen molar-refractivity contribution in [2.45, 2.75) is 45.9 Å². The highest BCUT2D eigenvalue weighted by atomic mass is 19.4. The van der Waals surface area contributed by atoms with Crippen molar-refractivity contribution >= 4 is 23.1 Å². The third-order valence-electron chi connectivity index (χ3n) is 6.82. The number of benzene rings is 3. The van der Waals surface area contributed by atoms with Gasteiger partial charge >= 0.3 is 12.3 Å². The van der Waals surface area contributed by atoms with Crippen LogP contribution >= 0.6 is 0 Å². The van der Waals surface area contributed by atoms with Crippen molar-refractivity contribution in [1.82, 2.24) is 9.80 Å². The third-order valence-corrected chi connectivity index (χ3v) is 6.82. The van der Waals surface area contributed by atoms with E-state index in [0.29, 0.717) is 17.7 Å². The summed E-state index contributed by atoms with van der Waals surface area (Å²) < 4.78 is 51.1. The van der Waals surface area contributed by atoms with Gasteiger partial charge in [-0.15, -0.1) is 0 Å². The second-order valence-corrected chi connectivity index (χ2v) is 11.8. The number of allylic oxidation sites excluding steroid dienone is 1. The maximum absolute atomic E-state index is 13.2. The van der Waals surface area contributed by atoms with Crippen molar-refractivity contribution in [2.24, 2.45) is 0 Å². The van der Waals surface area contributed by atoms with Gasteiger partial charge in [0.1, 0.15) is 23.7 Å². The number of phenols is 1. The molecule has 0 bridgehead atoms. The van der Waals surface area contributed by atoms with Gasteiger partial charge in [-0.05, 0) is 91.4 Å². The Bertz CT molecular complexity index is 1520. The molecule has 246 valence electrons. The highest BCUT2D eigenvalue weighted by Crippen LogP contribution is 2.37. The van der Waals surface area contributed by atoms with Gasteiger partial charge in [-0.3, -0.25) is 4.79 Å². The van der Waals surface area contributed by atoms with Gasteiger partial charge in [-0.2, -0.15) is 13.2 Å². The molecule has 3 rings (SSSR count). The van der Waals surface area contributed by atoms with E-state index in [2.05, 4.69) is 0 Å². The minimum atomic E-state index is -4.43. The highest BCUT2D eigenvalue weighted by Gasteiger charge is 2.30. The molecule has 7 nitrogen and oxygen atoms in total. The molecule has 46 heavy (non-hydrogen) atoms. The number of hydrogen-bond donors (Lipinski definition) is 1. The quantitative estimate of drug-likeness (QED) is 0.170. The number of rotatable bonds is 11. The molecule has 0 atom stereocenters. The summed E-state index contributed by atoms with van der Waals surface area (Å²) in [5.74, 6) is 0.439. The molecular weight excluding hydrogens is 597 g/mol. The van der Waals surface area contributed by atoms with Crippen LogP contribution in [0.5, 0.6) is 11.5 Å². The van der Waals surface area contributed by atoms with Gasteiger partial charge in [-0.25, -0.2) is 4.79 Å². The number of amides is 2. The van der Waals surface area contributed by atoms with Gasteiger partial charge in [0, 0.05) is 26.7 Å². The number of hydrogen-bond acceptors (Lipinski definition) is 5. The average molecular weight is 639 g/mol. The molecule has 3 aromatic rings. The Labute approximate surface area is 268 Å². The van der Waals surface area contributed by atoms with Crippen molar-refractivity contribution in [2.75, 3.05) is 33.8 Å². The van der Waals surface area contributed by atoms with E-state index in [1.807, 2.05) is 19.1 Å². The number of carbonyl (C=O) groups excluding carboxylic acids is 2. The molecule has 0 saturated heterocycles. The third kappa shape index (κ3) is 10.4. The number of aromatic hydroxyl groups is 1. The SMILES string of the molecule is CC/C(=C(\c1ccc(O)cc1)c1ccc(OCCN(C/C=C/C(=O)N(C)C)C(=O)OC(C)(C)C)cc1)c1ccc(C(F)(F)F)cc1. The first-order valence-corrected chi connectivity index (χ1v) is 14.9. The number of halogens is 3. The second kappa shape index (κ2) is 15.5. The van der Waals surface area contributed by atoms with E-state index in [4.69, 9.17) is 9.47 Å². The van der Waals surface area contributed by atoms with Gasteiger partial charge in [0.15, 0.2) is 0 Å². The van der Waals surface area contributed by atoms with Crippen LogP contribution in [0.25, 0.3) is 11.1 Å². The summed E-state index contributed by atoms with van der Waals surface area (Å²) >= 11 is 0. The monoisotopic (exact) mass is 638 g/mol. The normalized spacial score (nSPS) is 12.5. The Kier molecular flexibility index (Phi) is 12.1. The summed E-state index contributed by atoms with van der Waals surface area (Å²) in [7, 11) is 3.28. The van der Waals surface area contributed by atoms with E-state index < -0.39 is 23.4 Å². The van der Waals surface area contributed by atoms with Gasteiger partial charge in [0.2, 0.25) is 5.91 Å². The lowest BCUT2D eigenvalue weighted by Gasteiger charge is -2.26. The number of ether oxygens (including phenoxy) is 2. The Balaban J connectivity index is 1.85. The van der Waals surface area contributed by atoms with Crippen molar-refractivity contribution < 1.29 is 37.3 Å². The summed E-state index contributed by atoms with van der Waals surface area (Å²) in [6.45, 7) is 7.76. The number of likely N-dealkylation sites (N-methyl/N-ethyl adjacent to an activating group) is 1.